The molecule has 0 aromatic heterocycles. The van der Waals surface area contributed by atoms with Crippen molar-refractivity contribution in [2.24, 2.45) is 0 Å². The van der Waals surface area contributed by atoms with E-state index in [-0.39, 0.29) is 24.8 Å². The molecule has 0 heterocycles. The minimum Gasteiger partial charge on any atom is -1.00 e. The Morgan fingerprint density at radius 2 is 1.19 bits per heavy atom. The van der Waals surface area contributed by atoms with Crippen molar-refractivity contribution in [1.29, 1.82) is 0 Å². The Kier molecular flexibility index (Phi) is 11.3. The van der Waals surface area contributed by atoms with Crippen LogP contribution in [0, 0.1) is 0 Å². The molecule has 1 atom stereocenters. The number of hydrogen-bond acceptors (Lipinski definition) is 1. The van der Waals surface area contributed by atoms with Gasteiger partial charge in [0.15, 0.2) is 0 Å². The Morgan fingerprint density at radius 1 is 0.674 bits per heavy atom. The van der Waals surface area contributed by atoms with Gasteiger partial charge in [0, 0.05) is 0 Å². The van der Waals surface area contributed by atoms with E-state index in [1.807, 2.05) is 0 Å². The van der Waals surface area contributed by atoms with Gasteiger partial charge in [-0.15, -0.1) is 0 Å². The fraction of sp³-hybridized carbons (Fsp3) is 0.256. The van der Waals surface area contributed by atoms with Gasteiger partial charge in [-0.3, -0.25) is 0 Å². The Balaban J connectivity index is 0.00000212. The number of benzene rings is 4. The molecule has 0 saturated heterocycles. The largest absolute Gasteiger partial charge is 1.00 e. The maximum Gasteiger partial charge on any atom is -1.00 e. The zero-order valence-electron chi connectivity index (χ0n) is 25.8. The standard InChI is InChI=1S/C21H26N.C13H10.C5H5.2ClH.Zr/c1-6-16-7-9-20-17(11-16)12-18-13-19(8-10-21(18)20)22(14(2)3)15(4)5;1-3-7-12(8-4-1)11-13-9-5-2-6-10-13;1-2-4-5-3-1;;;/h7-15H,6H2,1-5H3;1-10H;1-5H;2*1H;/q;;;;;+2/p-2. The molecule has 1 unspecified atom stereocenters. The summed E-state index contributed by atoms with van der Waals surface area (Å²) in [7, 11) is 0. The summed E-state index contributed by atoms with van der Waals surface area (Å²) in [5.74, 6) is 0. The number of fused-ring (bicyclic) bond motifs is 3. The zero-order chi connectivity index (χ0) is 28.5. The molecule has 4 aromatic rings. The number of aryl methyl sites for hydroxylation is 1. The molecule has 0 spiro atoms. The average molecular weight is 686 g/mol. The Bertz CT molecular complexity index is 1580. The molecule has 0 aliphatic heterocycles. The molecule has 0 amide bonds. The maximum atomic E-state index is 2.58. The fourth-order valence-electron chi connectivity index (χ4n) is 7.06. The second-order valence-electron chi connectivity index (χ2n) is 11.9. The minimum atomic E-state index is -2.63. The van der Waals surface area contributed by atoms with Crippen molar-refractivity contribution in [2.75, 3.05) is 4.90 Å². The van der Waals surface area contributed by atoms with Gasteiger partial charge in [0.25, 0.3) is 0 Å². The van der Waals surface area contributed by atoms with Crippen molar-refractivity contribution < 1.29 is 46.1 Å². The van der Waals surface area contributed by atoms with Crippen LogP contribution in [0.15, 0.2) is 121 Å². The van der Waals surface area contributed by atoms with E-state index in [0.29, 0.717) is 19.3 Å². The summed E-state index contributed by atoms with van der Waals surface area (Å²) in [6.07, 6.45) is 10.6. The van der Waals surface area contributed by atoms with Crippen LogP contribution in [0.5, 0.6) is 0 Å². The van der Waals surface area contributed by atoms with Gasteiger partial charge in [-0.2, -0.15) is 0 Å². The van der Waals surface area contributed by atoms with E-state index in [9.17, 15) is 0 Å². The van der Waals surface area contributed by atoms with E-state index >= 15 is 0 Å². The first-order chi connectivity index (χ1) is 20.0. The van der Waals surface area contributed by atoms with Crippen LogP contribution in [0.2, 0.25) is 3.63 Å². The van der Waals surface area contributed by atoms with Crippen molar-refractivity contribution in [1.82, 2.24) is 0 Å². The monoisotopic (exact) mass is 683 g/mol. The van der Waals surface area contributed by atoms with Crippen molar-refractivity contribution in [3.05, 3.63) is 149 Å². The third-order valence-corrected chi connectivity index (χ3v) is 17.3. The summed E-state index contributed by atoms with van der Waals surface area (Å²) in [5, 5.41) is 0. The molecular weight excluding hydrogens is 645 g/mol. The topological polar surface area (TPSA) is 3.24 Å². The molecule has 6 rings (SSSR count). The molecule has 43 heavy (non-hydrogen) atoms. The van der Waals surface area contributed by atoms with E-state index in [1.54, 1.807) is 14.3 Å². The third kappa shape index (κ3) is 6.49. The number of halogens is 2. The first-order valence-corrected chi connectivity index (χ1v) is 19.3. The Labute approximate surface area is 278 Å². The molecular formula is C39H41Cl2NZr. The molecule has 4 heteroatoms. The first kappa shape index (κ1) is 33.4. The van der Waals surface area contributed by atoms with Crippen LogP contribution < -0.4 is 29.7 Å². The van der Waals surface area contributed by atoms with E-state index in [0.717, 1.165) is 6.42 Å². The quantitative estimate of drug-likeness (QED) is 0.274. The summed E-state index contributed by atoms with van der Waals surface area (Å²) in [6.45, 7) is 11.6. The number of anilines is 1. The predicted octanol–water partition coefficient (Wildman–Crippen LogP) is 3.75. The molecule has 220 valence electrons. The van der Waals surface area contributed by atoms with Crippen molar-refractivity contribution in [3.8, 4) is 11.1 Å². The average Bonchev–Trinajstić information content (AvgIpc) is 3.63. The van der Waals surface area contributed by atoms with Gasteiger partial charge in [-0.05, 0) is 0 Å². The van der Waals surface area contributed by atoms with Crippen LogP contribution in [0.1, 0.15) is 66.1 Å². The molecule has 0 N–H and O–H groups in total. The summed E-state index contributed by atoms with van der Waals surface area (Å²) < 4.78 is 2.55. The van der Waals surface area contributed by atoms with E-state index in [4.69, 9.17) is 0 Å². The second-order valence-corrected chi connectivity index (χ2v) is 18.5. The van der Waals surface area contributed by atoms with Crippen molar-refractivity contribution in [3.63, 3.8) is 0 Å². The van der Waals surface area contributed by atoms with Crippen LogP contribution in [-0.4, -0.2) is 15.3 Å². The van der Waals surface area contributed by atoms with E-state index < -0.39 is 21.3 Å². The summed E-state index contributed by atoms with van der Waals surface area (Å²) >= 11 is -2.63. The number of allylic oxidation sites excluding steroid dienone is 4. The van der Waals surface area contributed by atoms with Gasteiger partial charge in [0.1, 0.15) is 0 Å². The first-order valence-electron chi connectivity index (χ1n) is 15.2. The van der Waals surface area contributed by atoms with Gasteiger partial charge >= 0.3 is 256 Å². The van der Waals surface area contributed by atoms with Crippen LogP contribution in [0.3, 0.4) is 0 Å². The van der Waals surface area contributed by atoms with E-state index in [1.165, 1.54) is 33.5 Å². The normalized spacial score (nSPS) is 14.5. The zero-order valence-corrected chi connectivity index (χ0v) is 29.7. The van der Waals surface area contributed by atoms with Crippen LogP contribution in [0.25, 0.3) is 11.1 Å². The molecule has 0 fully saturated rings. The van der Waals surface area contributed by atoms with Crippen LogP contribution in [0.4, 0.5) is 5.69 Å². The third-order valence-electron chi connectivity index (χ3n) is 8.71. The predicted molar refractivity (Wildman–Crippen MR) is 174 cm³/mol. The van der Waals surface area contributed by atoms with Gasteiger partial charge in [0.05, 0.1) is 0 Å². The van der Waals surface area contributed by atoms with Crippen LogP contribution in [-0.2, 0) is 27.7 Å². The van der Waals surface area contributed by atoms with E-state index in [2.05, 4.69) is 161 Å². The van der Waals surface area contributed by atoms with Crippen molar-refractivity contribution in [2.45, 2.75) is 60.4 Å². The Morgan fingerprint density at radius 3 is 1.70 bits per heavy atom. The summed E-state index contributed by atoms with van der Waals surface area (Å²) in [6, 6.07) is 38.1. The summed E-state index contributed by atoms with van der Waals surface area (Å²) in [5.41, 5.74) is 11.6. The summed E-state index contributed by atoms with van der Waals surface area (Å²) in [4.78, 5) is 2.58. The minimum absolute atomic E-state index is 0. The van der Waals surface area contributed by atoms with Gasteiger partial charge < -0.3 is 24.8 Å². The fourth-order valence-corrected chi connectivity index (χ4v) is 16.4. The van der Waals surface area contributed by atoms with Gasteiger partial charge in [-0.1, -0.05) is 0 Å². The molecule has 0 saturated carbocycles. The number of nitrogens with zero attached hydrogens (tertiary/aromatic N) is 1. The van der Waals surface area contributed by atoms with Crippen LogP contribution >= 0.6 is 0 Å². The molecule has 2 aliphatic rings. The molecule has 2 aliphatic carbocycles. The molecule has 4 aromatic carbocycles. The number of rotatable bonds is 8. The molecule has 0 radical (unpaired) electrons. The SMILES string of the molecule is CCc1ccc2c(c1)[CH]([Zr+2](=[C](c1ccccc1)c1ccccc1)[CH]1C=CC=C1)c1cc(N(C(C)C)C(C)C)ccc1-2.[Cl-].[Cl-]. The molecule has 0 bridgehead atoms. The van der Waals surface area contributed by atoms with Crippen molar-refractivity contribution >= 4 is 8.89 Å². The van der Waals surface area contributed by atoms with Gasteiger partial charge in [0.2, 0.25) is 0 Å². The number of hydrogen-bond donors (Lipinski definition) is 0. The van der Waals surface area contributed by atoms with Gasteiger partial charge in [-0.25, -0.2) is 0 Å². The smallest absolute Gasteiger partial charge is 1.00 e. The second kappa shape index (κ2) is 14.5. The Hall–Kier alpha value is -2.51. The maximum absolute atomic E-state index is 2.63. The molecule has 1 nitrogen and oxygen atoms in total.